The highest BCUT2D eigenvalue weighted by molar-refractivity contribution is 7.10. The zero-order valence-electron chi connectivity index (χ0n) is 14.4. The molecule has 0 saturated carbocycles. The molecule has 2 aromatic heterocycles. The van der Waals surface area contributed by atoms with Gasteiger partial charge in [-0.2, -0.15) is 0 Å². The third kappa shape index (κ3) is 3.41. The molecule has 0 fully saturated rings. The Hall–Kier alpha value is -2.85. The van der Waals surface area contributed by atoms with Crippen LogP contribution in [-0.4, -0.2) is 5.91 Å². The van der Waals surface area contributed by atoms with Gasteiger partial charge in [0.1, 0.15) is 5.58 Å². The van der Waals surface area contributed by atoms with E-state index in [1.807, 2.05) is 66.9 Å². The predicted molar refractivity (Wildman–Crippen MR) is 105 cm³/mol. The fourth-order valence-corrected chi connectivity index (χ4v) is 3.93. The van der Waals surface area contributed by atoms with Crippen LogP contribution in [0.25, 0.3) is 11.0 Å². The first kappa shape index (κ1) is 16.6. The number of benzene rings is 2. The van der Waals surface area contributed by atoms with Gasteiger partial charge in [0.2, 0.25) is 5.91 Å². The number of amides is 1. The highest BCUT2D eigenvalue weighted by Gasteiger charge is 2.19. The van der Waals surface area contributed by atoms with Crippen molar-refractivity contribution in [3.8, 4) is 0 Å². The molecule has 0 aliphatic rings. The van der Waals surface area contributed by atoms with Crippen LogP contribution in [0.1, 0.15) is 27.6 Å². The molecule has 2 aromatic carbocycles. The van der Waals surface area contributed by atoms with Crippen LogP contribution in [0.5, 0.6) is 0 Å². The minimum atomic E-state index is -0.135. The molecule has 26 heavy (non-hydrogen) atoms. The topological polar surface area (TPSA) is 42.2 Å². The molecule has 130 valence electrons. The van der Waals surface area contributed by atoms with Gasteiger partial charge in [-0.3, -0.25) is 4.79 Å². The molecule has 0 saturated heterocycles. The fourth-order valence-electron chi connectivity index (χ4n) is 3.13. The average Bonchev–Trinajstić information content (AvgIpc) is 3.31. The molecule has 0 bridgehead atoms. The summed E-state index contributed by atoms with van der Waals surface area (Å²) in [4.78, 5) is 13.9. The molecule has 4 aromatic rings. The first-order valence-electron chi connectivity index (χ1n) is 8.55. The van der Waals surface area contributed by atoms with Crippen molar-refractivity contribution in [2.24, 2.45) is 0 Å². The maximum absolute atomic E-state index is 12.8. The third-order valence-corrected chi connectivity index (χ3v) is 5.37. The lowest BCUT2D eigenvalue weighted by molar-refractivity contribution is -0.120. The van der Waals surface area contributed by atoms with Crippen molar-refractivity contribution >= 4 is 28.2 Å². The highest BCUT2D eigenvalue weighted by Crippen LogP contribution is 2.27. The number of fused-ring (bicyclic) bond motifs is 1. The van der Waals surface area contributed by atoms with Crippen LogP contribution in [0.15, 0.2) is 76.7 Å². The van der Waals surface area contributed by atoms with E-state index in [1.165, 1.54) is 0 Å². The second-order valence-corrected chi connectivity index (χ2v) is 7.34. The summed E-state index contributed by atoms with van der Waals surface area (Å²) < 4.78 is 5.61. The highest BCUT2D eigenvalue weighted by atomic mass is 32.1. The van der Waals surface area contributed by atoms with E-state index in [0.29, 0.717) is 6.42 Å². The summed E-state index contributed by atoms with van der Waals surface area (Å²) in [5, 5.41) is 6.21. The zero-order valence-corrected chi connectivity index (χ0v) is 15.3. The number of furan rings is 1. The Labute approximate surface area is 156 Å². The summed E-state index contributed by atoms with van der Waals surface area (Å²) in [6, 6.07) is 20.0. The summed E-state index contributed by atoms with van der Waals surface area (Å²) in [5.41, 5.74) is 3.96. The van der Waals surface area contributed by atoms with Gasteiger partial charge in [-0.05, 0) is 35.6 Å². The van der Waals surface area contributed by atoms with Gasteiger partial charge in [0.15, 0.2) is 0 Å². The Kier molecular flexibility index (Phi) is 4.59. The summed E-state index contributed by atoms with van der Waals surface area (Å²) in [6.07, 6.45) is 1.98. The molecule has 4 rings (SSSR count). The molecule has 2 heterocycles. The molecule has 1 atom stereocenters. The normalized spacial score (nSPS) is 12.2. The minimum Gasteiger partial charge on any atom is -0.464 e. The Morgan fingerprint density at radius 3 is 2.73 bits per heavy atom. The lowest BCUT2D eigenvalue weighted by atomic mass is 10.0. The van der Waals surface area contributed by atoms with Crippen LogP contribution < -0.4 is 5.32 Å². The molecule has 0 spiro atoms. The van der Waals surface area contributed by atoms with Gasteiger partial charge in [-0.15, -0.1) is 11.3 Å². The van der Waals surface area contributed by atoms with Gasteiger partial charge in [-0.25, -0.2) is 0 Å². The van der Waals surface area contributed by atoms with Gasteiger partial charge in [0.25, 0.3) is 0 Å². The Balaban J connectivity index is 1.57. The molecule has 1 unspecified atom stereocenters. The number of carbonyl (C=O) groups is 1. The largest absolute Gasteiger partial charge is 0.464 e. The van der Waals surface area contributed by atoms with Crippen molar-refractivity contribution in [1.29, 1.82) is 0 Å². The molecule has 1 N–H and O–H groups in total. The van der Waals surface area contributed by atoms with Crippen LogP contribution >= 0.6 is 11.3 Å². The quantitative estimate of drug-likeness (QED) is 0.527. The summed E-state index contributed by atoms with van der Waals surface area (Å²) in [6.45, 7) is 2.03. The summed E-state index contributed by atoms with van der Waals surface area (Å²) >= 11 is 1.65. The summed E-state index contributed by atoms with van der Waals surface area (Å²) in [5.74, 6) is -0.0180. The number of rotatable bonds is 5. The van der Waals surface area contributed by atoms with Crippen molar-refractivity contribution in [3.63, 3.8) is 0 Å². The van der Waals surface area contributed by atoms with E-state index < -0.39 is 0 Å². The lowest BCUT2D eigenvalue weighted by Gasteiger charge is -2.18. The Bertz CT molecular complexity index is 1020. The monoisotopic (exact) mass is 361 g/mol. The minimum absolute atomic E-state index is 0.0180. The number of thiophene rings is 1. The number of hydrogen-bond acceptors (Lipinski definition) is 3. The van der Waals surface area contributed by atoms with E-state index in [2.05, 4.69) is 11.4 Å². The second-order valence-electron chi connectivity index (χ2n) is 6.36. The molecular formula is C22H19NO2S. The van der Waals surface area contributed by atoms with Crippen molar-refractivity contribution < 1.29 is 9.21 Å². The fraction of sp³-hybridized carbons (Fsp3) is 0.136. The smallest absolute Gasteiger partial charge is 0.225 e. The first-order chi connectivity index (χ1) is 12.7. The molecule has 4 heteroatoms. The summed E-state index contributed by atoms with van der Waals surface area (Å²) in [7, 11) is 0. The molecule has 1 amide bonds. The first-order valence-corrected chi connectivity index (χ1v) is 9.43. The van der Waals surface area contributed by atoms with E-state index in [4.69, 9.17) is 4.42 Å². The van der Waals surface area contributed by atoms with Crippen molar-refractivity contribution in [2.75, 3.05) is 0 Å². The van der Waals surface area contributed by atoms with Gasteiger partial charge in [0.05, 0.1) is 18.7 Å². The van der Waals surface area contributed by atoms with Crippen LogP contribution in [0.2, 0.25) is 0 Å². The third-order valence-electron chi connectivity index (χ3n) is 4.43. The number of carbonyl (C=O) groups excluding carboxylic acids is 1. The van der Waals surface area contributed by atoms with Crippen LogP contribution in [0.4, 0.5) is 0 Å². The van der Waals surface area contributed by atoms with E-state index in [9.17, 15) is 4.79 Å². The molecule has 3 nitrogen and oxygen atoms in total. The Morgan fingerprint density at radius 1 is 1.12 bits per heavy atom. The molecule has 0 aliphatic heterocycles. The van der Waals surface area contributed by atoms with E-state index >= 15 is 0 Å². The average molecular weight is 361 g/mol. The molecule has 0 radical (unpaired) electrons. The Morgan fingerprint density at radius 2 is 1.96 bits per heavy atom. The van der Waals surface area contributed by atoms with Crippen LogP contribution in [-0.2, 0) is 11.2 Å². The second kappa shape index (κ2) is 7.18. The number of nitrogens with one attached hydrogen (secondary N) is 1. The van der Waals surface area contributed by atoms with E-state index in [0.717, 1.165) is 32.5 Å². The van der Waals surface area contributed by atoms with Crippen LogP contribution in [0, 0.1) is 6.92 Å². The SMILES string of the molecule is Cc1ccc2c(CC(=O)NC(c3ccccc3)c3cccs3)coc2c1. The molecule has 0 aliphatic carbocycles. The standard InChI is InChI=1S/C22H19NO2S/c1-15-9-10-18-17(14-25-19(18)12-15)13-21(24)23-22(20-8-5-11-26-20)16-6-3-2-4-7-16/h2-12,14,22H,13H2,1H3,(H,23,24). The van der Waals surface area contributed by atoms with Gasteiger partial charge < -0.3 is 9.73 Å². The van der Waals surface area contributed by atoms with E-state index in [1.54, 1.807) is 17.6 Å². The van der Waals surface area contributed by atoms with Gasteiger partial charge in [0, 0.05) is 15.8 Å². The van der Waals surface area contributed by atoms with Crippen molar-refractivity contribution in [2.45, 2.75) is 19.4 Å². The van der Waals surface area contributed by atoms with Crippen molar-refractivity contribution in [1.82, 2.24) is 5.32 Å². The maximum Gasteiger partial charge on any atom is 0.225 e. The predicted octanol–water partition coefficient (Wildman–Crippen LogP) is 5.25. The zero-order chi connectivity index (χ0) is 17.9. The van der Waals surface area contributed by atoms with Crippen molar-refractivity contribution in [3.05, 3.63) is 93.9 Å². The molecular weight excluding hydrogens is 342 g/mol. The maximum atomic E-state index is 12.8. The van der Waals surface area contributed by atoms with E-state index in [-0.39, 0.29) is 11.9 Å². The van der Waals surface area contributed by atoms with Gasteiger partial charge in [-0.1, -0.05) is 48.5 Å². The van der Waals surface area contributed by atoms with Crippen LogP contribution in [0.3, 0.4) is 0 Å². The lowest BCUT2D eigenvalue weighted by Crippen LogP contribution is -2.30. The number of hydrogen-bond donors (Lipinski definition) is 1. The van der Waals surface area contributed by atoms with Gasteiger partial charge >= 0.3 is 0 Å². The number of aryl methyl sites for hydroxylation is 1.